The van der Waals surface area contributed by atoms with E-state index in [1.807, 2.05) is 48.5 Å². The number of carbonyl (C=O) groups excluding carboxylic acids is 2. The van der Waals surface area contributed by atoms with Crippen LogP contribution in [0.5, 0.6) is 0 Å². The molecule has 3 aromatic rings. The van der Waals surface area contributed by atoms with Gasteiger partial charge in [-0.05, 0) is 61.5 Å². The van der Waals surface area contributed by atoms with Crippen LogP contribution in [0, 0.1) is 0 Å². The van der Waals surface area contributed by atoms with Crippen LogP contribution in [0.3, 0.4) is 0 Å². The molecular weight excluding hydrogens is 515 g/mol. The predicted molar refractivity (Wildman–Crippen MR) is 139 cm³/mol. The number of nitrogens with one attached hydrogen (secondary N) is 2. The molecule has 5 N–H and O–H groups in total. The van der Waals surface area contributed by atoms with Gasteiger partial charge in [-0.3, -0.25) is 19.8 Å². The molecule has 0 spiro atoms. The first-order valence-corrected chi connectivity index (χ1v) is 12.2. The summed E-state index contributed by atoms with van der Waals surface area (Å²) in [4.78, 5) is 40.9. The zero-order valence-electron chi connectivity index (χ0n) is 21.2. The SMILES string of the molecule is CN[C@H](Cc1ccccc1)C(=O)NC(=O)[C@@H]1CCCN1Cc1ccc2c(N)nccc2c1.O=C(O)C(F)(F)F. The fraction of sp³-hybridized carbons (Fsp3) is 0.333. The molecule has 1 fully saturated rings. The molecule has 39 heavy (non-hydrogen) atoms. The fourth-order valence-corrected chi connectivity index (χ4v) is 4.36. The van der Waals surface area contributed by atoms with Gasteiger partial charge in [-0.1, -0.05) is 42.5 Å². The number of nitrogens with zero attached hydrogens (tertiary/aromatic N) is 2. The maximum atomic E-state index is 13.0. The largest absolute Gasteiger partial charge is 0.490 e. The highest BCUT2D eigenvalue weighted by Crippen LogP contribution is 2.24. The number of carbonyl (C=O) groups is 3. The van der Waals surface area contributed by atoms with E-state index in [1.165, 1.54) is 0 Å². The number of hydrogen-bond donors (Lipinski definition) is 4. The minimum absolute atomic E-state index is 0.227. The zero-order valence-corrected chi connectivity index (χ0v) is 21.2. The van der Waals surface area contributed by atoms with Crippen molar-refractivity contribution in [3.8, 4) is 0 Å². The van der Waals surface area contributed by atoms with E-state index in [0.717, 1.165) is 41.3 Å². The molecule has 2 atom stereocenters. The summed E-state index contributed by atoms with van der Waals surface area (Å²) in [6, 6.07) is 17.0. The lowest BCUT2D eigenvalue weighted by Gasteiger charge is -2.24. The predicted octanol–water partition coefficient (Wildman–Crippen LogP) is 2.89. The number of nitrogen functional groups attached to an aromatic ring is 1. The van der Waals surface area contributed by atoms with E-state index < -0.39 is 18.2 Å². The number of aromatic nitrogens is 1. The van der Waals surface area contributed by atoms with Crippen LogP contribution in [0.25, 0.3) is 10.8 Å². The first-order valence-electron chi connectivity index (χ1n) is 12.2. The van der Waals surface area contributed by atoms with Gasteiger partial charge < -0.3 is 16.2 Å². The number of hydrogen-bond acceptors (Lipinski definition) is 7. The lowest BCUT2D eigenvalue weighted by molar-refractivity contribution is -0.192. The van der Waals surface area contributed by atoms with Crippen LogP contribution >= 0.6 is 0 Å². The number of pyridine rings is 1. The molecule has 1 saturated heterocycles. The van der Waals surface area contributed by atoms with Gasteiger partial charge in [0.05, 0.1) is 12.1 Å². The van der Waals surface area contributed by atoms with Crippen molar-refractivity contribution in [2.75, 3.05) is 19.3 Å². The maximum Gasteiger partial charge on any atom is 0.490 e. The number of likely N-dealkylation sites (N-methyl/N-ethyl adjacent to an activating group) is 1. The number of carboxylic acid groups (broad SMARTS) is 1. The van der Waals surface area contributed by atoms with Crippen molar-refractivity contribution in [1.29, 1.82) is 0 Å². The van der Waals surface area contributed by atoms with Gasteiger partial charge in [0.1, 0.15) is 5.82 Å². The number of fused-ring (bicyclic) bond motifs is 1. The molecule has 0 unspecified atom stereocenters. The molecule has 1 aromatic heterocycles. The Kier molecular flexibility index (Phi) is 9.96. The van der Waals surface area contributed by atoms with E-state index in [0.29, 0.717) is 18.8 Å². The molecule has 4 rings (SSSR count). The Labute approximate surface area is 223 Å². The normalized spacial score (nSPS) is 16.3. The Morgan fingerprint density at radius 1 is 1.13 bits per heavy atom. The first-order chi connectivity index (χ1) is 18.5. The van der Waals surface area contributed by atoms with Gasteiger partial charge in [-0.15, -0.1) is 0 Å². The second-order valence-corrected chi connectivity index (χ2v) is 9.07. The standard InChI is InChI=1S/C25H29N5O2.C2HF3O2/c1-27-21(15-17-6-3-2-4-7-17)24(31)29-25(32)22-8-5-13-30(22)16-18-9-10-20-19(14-18)11-12-28-23(20)26;3-2(4,5)1(6)7/h2-4,6-7,9-12,14,21-22,27H,5,8,13,15-16H2,1H3,(H2,26,28)(H,29,31,32);(H,6,7)/t21-,22+;/m1./s1. The fourth-order valence-electron chi connectivity index (χ4n) is 4.36. The molecule has 1 aliphatic heterocycles. The van der Waals surface area contributed by atoms with Crippen molar-refractivity contribution in [2.24, 2.45) is 0 Å². The minimum atomic E-state index is -5.08. The number of carboxylic acids is 1. The molecule has 0 saturated carbocycles. The number of anilines is 1. The molecular formula is C27H30F3N5O4. The number of rotatable bonds is 7. The molecule has 1 aliphatic rings. The molecule has 208 valence electrons. The summed E-state index contributed by atoms with van der Waals surface area (Å²) >= 11 is 0. The van der Waals surface area contributed by atoms with Gasteiger partial charge >= 0.3 is 12.1 Å². The Morgan fingerprint density at radius 2 is 1.82 bits per heavy atom. The summed E-state index contributed by atoms with van der Waals surface area (Å²) in [7, 11) is 1.74. The third-order valence-electron chi connectivity index (χ3n) is 6.35. The summed E-state index contributed by atoms with van der Waals surface area (Å²) in [6.45, 7) is 1.46. The monoisotopic (exact) mass is 545 g/mol. The van der Waals surface area contributed by atoms with E-state index in [1.54, 1.807) is 13.2 Å². The third-order valence-corrected chi connectivity index (χ3v) is 6.35. The first kappa shape index (κ1) is 29.5. The van der Waals surface area contributed by atoms with Gasteiger partial charge in [-0.2, -0.15) is 13.2 Å². The number of likely N-dealkylation sites (tertiary alicyclic amines) is 1. The maximum absolute atomic E-state index is 13.0. The second kappa shape index (κ2) is 13.2. The highest BCUT2D eigenvalue weighted by atomic mass is 19.4. The number of aliphatic carboxylic acids is 1. The van der Waals surface area contributed by atoms with Crippen LogP contribution in [0.4, 0.5) is 19.0 Å². The number of nitrogens with two attached hydrogens (primary N) is 1. The average Bonchev–Trinajstić information content (AvgIpc) is 3.36. The average molecular weight is 546 g/mol. The van der Waals surface area contributed by atoms with Gasteiger partial charge in [0.25, 0.3) is 0 Å². The van der Waals surface area contributed by atoms with Gasteiger partial charge in [0.2, 0.25) is 11.8 Å². The molecule has 0 aliphatic carbocycles. The van der Waals surface area contributed by atoms with Crippen molar-refractivity contribution < 1.29 is 32.7 Å². The van der Waals surface area contributed by atoms with Gasteiger partial charge in [-0.25, -0.2) is 9.78 Å². The smallest absolute Gasteiger partial charge is 0.475 e. The third kappa shape index (κ3) is 8.23. The molecule has 0 radical (unpaired) electrons. The van der Waals surface area contributed by atoms with Crippen molar-refractivity contribution in [1.82, 2.24) is 20.5 Å². The summed E-state index contributed by atoms with van der Waals surface area (Å²) in [5, 5.41) is 14.7. The molecule has 12 heteroatoms. The van der Waals surface area contributed by atoms with E-state index >= 15 is 0 Å². The van der Waals surface area contributed by atoms with Crippen LogP contribution < -0.4 is 16.4 Å². The lowest BCUT2D eigenvalue weighted by atomic mass is 10.1. The van der Waals surface area contributed by atoms with Crippen molar-refractivity contribution in [3.63, 3.8) is 0 Å². The van der Waals surface area contributed by atoms with E-state index in [2.05, 4.69) is 26.6 Å². The van der Waals surface area contributed by atoms with Crippen LogP contribution in [-0.2, 0) is 27.3 Å². The summed E-state index contributed by atoms with van der Waals surface area (Å²) < 4.78 is 31.7. The van der Waals surface area contributed by atoms with Crippen LogP contribution in [0.2, 0.25) is 0 Å². The number of imide groups is 1. The highest BCUT2D eigenvalue weighted by molar-refractivity contribution is 6.00. The van der Waals surface area contributed by atoms with Crippen molar-refractivity contribution >= 4 is 34.4 Å². The highest BCUT2D eigenvalue weighted by Gasteiger charge is 2.38. The minimum Gasteiger partial charge on any atom is -0.475 e. The number of alkyl halides is 3. The Morgan fingerprint density at radius 3 is 2.46 bits per heavy atom. The van der Waals surface area contributed by atoms with Gasteiger partial charge in [0, 0.05) is 18.1 Å². The topological polar surface area (TPSA) is 138 Å². The summed E-state index contributed by atoms with van der Waals surface area (Å²) in [5.41, 5.74) is 8.10. The Bertz CT molecular complexity index is 1300. The quantitative estimate of drug-likeness (QED) is 0.356. The summed E-state index contributed by atoms with van der Waals surface area (Å²) in [6.07, 6.45) is -1.19. The van der Waals surface area contributed by atoms with E-state index in [-0.39, 0.29) is 17.9 Å². The van der Waals surface area contributed by atoms with E-state index in [4.69, 9.17) is 15.6 Å². The molecule has 2 aromatic carbocycles. The zero-order chi connectivity index (χ0) is 28.6. The lowest BCUT2D eigenvalue weighted by Crippen LogP contribution is -2.51. The van der Waals surface area contributed by atoms with Crippen molar-refractivity contribution in [3.05, 3.63) is 71.9 Å². The van der Waals surface area contributed by atoms with Crippen LogP contribution in [0.1, 0.15) is 24.0 Å². The number of amides is 2. The second-order valence-electron chi connectivity index (χ2n) is 9.07. The van der Waals surface area contributed by atoms with E-state index in [9.17, 15) is 22.8 Å². The van der Waals surface area contributed by atoms with Crippen LogP contribution in [0.15, 0.2) is 60.8 Å². The number of benzene rings is 2. The van der Waals surface area contributed by atoms with Gasteiger partial charge in [0.15, 0.2) is 0 Å². The Balaban J connectivity index is 0.000000532. The van der Waals surface area contributed by atoms with Crippen LogP contribution in [-0.4, -0.2) is 64.6 Å². The number of halogens is 3. The molecule has 2 amide bonds. The molecule has 0 bridgehead atoms. The molecule has 9 nitrogen and oxygen atoms in total. The van der Waals surface area contributed by atoms with Crippen molar-refractivity contribution in [2.45, 2.75) is 44.1 Å². The summed E-state index contributed by atoms with van der Waals surface area (Å²) in [5.74, 6) is -2.76. The Hall–Kier alpha value is -4.03. The molecule has 2 heterocycles.